The molecule has 8 nitrogen and oxygen atoms in total. The van der Waals surface area contributed by atoms with E-state index in [1.165, 1.54) is 0 Å². The van der Waals surface area contributed by atoms with Crippen LogP contribution in [0.5, 0.6) is 0 Å². The summed E-state index contributed by atoms with van der Waals surface area (Å²) in [5.41, 5.74) is 3.75. The van der Waals surface area contributed by atoms with E-state index in [0.29, 0.717) is 17.3 Å². The van der Waals surface area contributed by atoms with E-state index in [4.69, 9.17) is 0 Å². The molecule has 1 atom stereocenters. The minimum Gasteiger partial charge on any atom is -0.318 e. The standard InChI is InChI=1S/C17H13N7OS/c1-9-4-6-10(7-5-9)15-12-13(11-3-2-8-26-11)19-20-16(25)14(12)18-17-21-22-23-24(15)17/h2-8,15H,1H3,(H,20,25)(H,18,21,23)/t15-/m0/s1. The van der Waals surface area contributed by atoms with E-state index < -0.39 is 0 Å². The zero-order valence-electron chi connectivity index (χ0n) is 13.7. The molecular weight excluding hydrogens is 350 g/mol. The number of aromatic nitrogens is 6. The van der Waals surface area contributed by atoms with Gasteiger partial charge in [0.2, 0.25) is 5.95 Å². The Bertz CT molecular complexity index is 1140. The molecule has 128 valence electrons. The summed E-state index contributed by atoms with van der Waals surface area (Å²) in [5, 5.41) is 23.9. The number of tetrazole rings is 1. The Morgan fingerprint density at radius 1 is 1.19 bits per heavy atom. The lowest BCUT2D eigenvalue weighted by molar-refractivity contribution is 0.567. The molecule has 0 spiro atoms. The van der Waals surface area contributed by atoms with Gasteiger partial charge < -0.3 is 5.32 Å². The lowest BCUT2D eigenvalue weighted by atomic mass is 9.94. The Balaban J connectivity index is 1.83. The van der Waals surface area contributed by atoms with E-state index in [9.17, 15) is 4.79 Å². The molecule has 9 heteroatoms. The van der Waals surface area contributed by atoms with Gasteiger partial charge in [-0.2, -0.15) is 9.78 Å². The van der Waals surface area contributed by atoms with Gasteiger partial charge in [-0.3, -0.25) is 4.79 Å². The normalized spacial score (nSPS) is 15.2. The maximum absolute atomic E-state index is 12.5. The molecule has 1 aliphatic heterocycles. The number of thiophene rings is 1. The summed E-state index contributed by atoms with van der Waals surface area (Å²) < 4.78 is 1.69. The fourth-order valence-electron chi connectivity index (χ4n) is 3.20. The molecule has 0 unspecified atom stereocenters. The van der Waals surface area contributed by atoms with Crippen molar-refractivity contribution in [1.29, 1.82) is 0 Å². The van der Waals surface area contributed by atoms with Crippen LogP contribution in [0.3, 0.4) is 0 Å². The fraction of sp³-hybridized carbons (Fsp3) is 0.118. The van der Waals surface area contributed by atoms with Crippen LogP contribution in [0, 0.1) is 6.92 Å². The van der Waals surface area contributed by atoms with Crippen molar-refractivity contribution in [2.45, 2.75) is 13.0 Å². The van der Waals surface area contributed by atoms with Crippen molar-refractivity contribution in [3.8, 4) is 10.6 Å². The first kappa shape index (κ1) is 15.0. The van der Waals surface area contributed by atoms with Crippen LogP contribution in [0.2, 0.25) is 0 Å². The molecule has 4 heterocycles. The zero-order chi connectivity index (χ0) is 17.7. The number of benzene rings is 1. The predicted octanol–water partition coefficient (Wildman–Crippen LogP) is 2.49. The molecule has 26 heavy (non-hydrogen) atoms. The summed E-state index contributed by atoms with van der Waals surface area (Å²) in [6, 6.07) is 11.7. The number of nitrogens with one attached hydrogen (secondary N) is 2. The van der Waals surface area contributed by atoms with Gasteiger partial charge in [0.1, 0.15) is 17.4 Å². The van der Waals surface area contributed by atoms with Crippen LogP contribution >= 0.6 is 11.3 Å². The second kappa shape index (κ2) is 5.60. The van der Waals surface area contributed by atoms with E-state index in [2.05, 4.69) is 31.0 Å². The number of rotatable bonds is 2. The fourth-order valence-corrected chi connectivity index (χ4v) is 3.92. The first-order valence-electron chi connectivity index (χ1n) is 8.00. The summed E-state index contributed by atoms with van der Waals surface area (Å²) in [6.45, 7) is 2.03. The summed E-state index contributed by atoms with van der Waals surface area (Å²) in [4.78, 5) is 13.5. The van der Waals surface area contributed by atoms with Crippen LogP contribution in [-0.4, -0.2) is 30.4 Å². The van der Waals surface area contributed by atoms with Gasteiger partial charge in [-0.1, -0.05) is 41.0 Å². The first-order chi connectivity index (χ1) is 12.7. The van der Waals surface area contributed by atoms with E-state index in [1.54, 1.807) is 16.0 Å². The minimum atomic E-state index is -0.344. The van der Waals surface area contributed by atoms with Crippen LogP contribution in [0.1, 0.15) is 22.7 Å². The molecule has 4 aromatic rings. The van der Waals surface area contributed by atoms with E-state index in [1.807, 2.05) is 48.7 Å². The van der Waals surface area contributed by atoms with Gasteiger partial charge in [0.15, 0.2) is 0 Å². The van der Waals surface area contributed by atoms with Gasteiger partial charge >= 0.3 is 0 Å². The average molecular weight is 363 g/mol. The summed E-state index contributed by atoms with van der Waals surface area (Å²) in [7, 11) is 0. The Morgan fingerprint density at radius 3 is 2.81 bits per heavy atom. The van der Waals surface area contributed by atoms with Crippen molar-refractivity contribution in [2.24, 2.45) is 0 Å². The van der Waals surface area contributed by atoms with Crippen LogP contribution in [0.4, 0.5) is 11.6 Å². The number of aromatic amines is 1. The Hall–Kier alpha value is -3.33. The summed E-state index contributed by atoms with van der Waals surface area (Å²) >= 11 is 1.56. The third-order valence-corrected chi connectivity index (χ3v) is 5.29. The third-order valence-electron chi connectivity index (χ3n) is 4.42. The quantitative estimate of drug-likeness (QED) is 0.500. The molecule has 0 amide bonds. The lowest BCUT2D eigenvalue weighted by Gasteiger charge is -2.27. The second-order valence-electron chi connectivity index (χ2n) is 6.05. The van der Waals surface area contributed by atoms with E-state index >= 15 is 0 Å². The average Bonchev–Trinajstić information content (AvgIpc) is 3.33. The van der Waals surface area contributed by atoms with Crippen molar-refractivity contribution in [3.63, 3.8) is 0 Å². The van der Waals surface area contributed by atoms with Gasteiger partial charge in [-0.25, -0.2) is 5.10 Å². The summed E-state index contributed by atoms with van der Waals surface area (Å²) in [5.74, 6) is 0.428. The highest BCUT2D eigenvalue weighted by Crippen LogP contribution is 2.41. The van der Waals surface area contributed by atoms with Crippen molar-refractivity contribution >= 4 is 23.0 Å². The number of nitrogens with zero attached hydrogens (tertiary/aromatic N) is 5. The van der Waals surface area contributed by atoms with Gasteiger partial charge in [0.05, 0.1) is 4.88 Å². The van der Waals surface area contributed by atoms with Crippen molar-refractivity contribution < 1.29 is 0 Å². The van der Waals surface area contributed by atoms with E-state index in [0.717, 1.165) is 21.6 Å². The Kier molecular flexibility index (Phi) is 3.22. The number of aryl methyl sites for hydroxylation is 1. The smallest absolute Gasteiger partial charge is 0.288 e. The molecule has 0 fully saturated rings. The SMILES string of the molecule is Cc1ccc([C@H]2c3c(-c4cccs4)n[nH]c(=O)c3Nc3nnnn32)cc1. The van der Waals surface area contributed by atoms with Gasteiger partial charge in [-0.15, -0.1) is 11.3 Å². The molecule has 5 rings (SSSR count). The van der Waals surface area contributed by atoms with Crippen LogP contribution in [0.25, 0.3) is 10.6 Å². The molecule has 0 bridgehead atoms. The molecule has 0 saturated heterocycles. The highest BCUT2D eigenvalue weighted by Gasteiger charge is 2.34. The minimum absolute atomic E-state index is 0.299. The monoisotopic (exact) mass is 363 g/mol. The number of hydrogen-bond donors (Lipinski definition) is 2. The number of hydrogen-bond acceptors (Lipinski definition) is 7. The number of fused-ring (bicyclic) bond motifs is 2. The van der Waals surface area contributed by atoms with Crippen molar-refractivity contribution in [2.75, 3.05) is 5.32 Å². The molecule has 1 aliphatic rings. The summed E-state index contributed by atoms with van der Waals surface area (Å²) in [6.07, 6.45) is 0. The molecule has 2 N–H and O–H groups in total. The van der Waals surface area contributed by atoms with Crippen LogP contribution in [0.15, 0.2) is 46.6 Å². The number of H-pyrrole nitrogens is 1. The second-order valence-corrected chi connectivity index (χ2v) is 7.00. The molecule has 0 aliphatic carbocycles. The molecular formula is C17H13N7OS. The molecule has 0 radical (unpaired) electrons. The maximum atomic E-state index is 12.5. The van der Waals surface area contributed by atoms with Gasteiger partial charge in [-0.05, 0) is 34.4 Å². The van der Waals surface area contributed by atoms with Gasteiger partial charge in [0, 0.05) is 5.56 Å². The highest BCUT2D eigenvalue weighted by atomic mass is 32.1. The highest BCUT2D eigenvalue weighted by molar-refractivity contribution is 7.13. The molecule has 0 saturated carbocycles. The molecule has 1 aromatic carbocycles. The zero-order valence-corrected chi connectivity index (χ0v) is 14.5. The maximum Gasteiger partial charge on any atom is 0.288 e. The van der Waals surface area contributed by atoms with Crippen molar-refractivity contribution in [1.82, 2.24) is 30.4 Å². The van der Waals surface area contributed by atoms with Crippen molar-refractivity contribution in [3.05, 3.63) is 68.8 Å². The molecule has 3 aromatic heterocycles. The number of anilines is 2. The third kappa shape index (κ3) is 2.17. The van der Waals surface area contributed by atoms with Crippen LogP contribution in [-0.2, 0) is 0 Å². The van der Waals surface area contributed by atoms with Gasteiger partial charge in [0.25, 0.3) is 5.56 Å². The predicted molar refractivity (Wildman–Crippen MR) is 97.7 cm³/mol. The first-order valence-corrected chi connectivity index (χ1v) is 8.88. The Labute approximate surface area is 151 Å². The topological polar surface area (TPSA) is 101 Å². The lowest BCUT2D eigenvalue weighted by Crippen LogP contribution is -2.29. The van der Waals surface area contributed by atoms with E-state index in [-0.39, 0.29) is 11.6 Å². The largest absolute Gasteiger partial charge is 0.318 e. The Morgan fingerprint density at radius 2 is 2.04 bits per heavy atom. The van der Waals surface area contributed by atoms with Crippen LogP contribution < -0.4 is 10.9 Å².